The van der Waals surface area contributed by atoms with E-state index < -0.39 is 5.91 Å². The van der Waals surface area contributed by atoms with Gasteiger partial charge in [0.15, 0.2) is 11.5 Å². The van der Waals surface area contributed by atoms with Crippen LogP contribution < -0.4 is 19.5 Å². The van der Waals surface area contributed by atoms with Crippen molar-refractivity contribution >= 4 is 23.0 Å². The number of nitrogens with zero attached hydrogens (tertiary/aromatic N) is 4. The van der Waals surface area contributed by atoms with Crippen LogP contribution in [-0.2, 0) is 25.0 Å². The average Bonchev–Trinajstić information content (AvgIpc) is 3.49. The van der Waals surface area contributed by atoms with Crippen LogP contribution in [0.4, 0.5) is 0 Å². The largest absolute Gasteiger partial charge is 0.493 e. The zero-order valence-electron chi connectivity index (χ0n) is 19.5. The summed E-state index contributed by atoms with van der Waals surface area (Å²) >= 11 is 0. The first-order valence-electron chi connectivity index (χ1n) is 10.7. The average molecular weight is 473 g/mol. The van der Waals surface area contributed by atoms with Crippen molar-refractivity contribution in [2.45, 2.75) is 13.2 Å². The number of ether oxygens (including phenoxy) is 3. The maximum absolute atomic E-state index is 12.7. The number of aryl methyl sites for hydroxylation is 1. The molecule has 0 saturated carbocycles. The lowest BCUT2D eigenvalue weighted by atomic mass is 10.1. The zero-order valence-corrected chi connectivity index (χ0v) is 19.5. The van der Waals surface area contributed by atoms with Gasteiger partial charge in [-0.25, -0.2) is 9.97 Å². The molecule has 4 aromatic rings. The Bertz CT molecular complexity index is 1430. The van der Waals surface area contributed by atoms with Gasteiger partial charge in [-0.3, -0.25) is 4.79 Å². The summed E-state index contributed by atoms with van der Waals surface area (Å²) in [6.07, 6.45) is 8.37. The number of benzene rings is 1. The van der Waals surface area contributed by atoms with Gasteiger partial charge in [0.25, 0.3) is 5.91 Å². The summed E-state index contributed by atoms with van der Waals surface area (Å²) in [6, 6.07) is 9.13. The van der Waals surface area contributed by atoms with Crippen LogP contribution in [0.15, 0.2) is 54.6 Å². The Kier molecular flexibility index (Phi) is 6.97. The number of carbonyl (C=O) groups excluding carboxylic acids is 1. The van der Waals surface area contributed by atoms with Gasteiger partial charge < -0.3 is 29.1 Å². The molecule has 10 heteroatoms. The molecule has 1 aromatic carbocycles. The number of fused-ring (bicyclic) bond motifs is 1. The van der Waals surface area contributed by atoms with E-state index in [0.29, 0.717) is 28.5 Å². The fraction of sp³-hybridized carbons (Fsp3) is 0.200. The third kappa shape index (κ3) is 5.25. The van der Waals surface area contributed by atoms with Gasteiger partial charge in [-0.2, -0.15) is 5.26 Å². The third-order valence-electron chi connectivity index (χ3n) is 5.39. The first-order chi connectivity index (χ1) is 17.0. The Morgan fingerprint density at radius 3 is 2.77 bits per heavy atom. The van der Waals surface area contributed by atoms with Crippen molar-refractivity contribution < 1.29 is 19.0 Å². The van der Waals surface area contributed by atoms with Crippen LogP contribution >= 0.6 is 0 Å². The number of imidazole rings is 1. The molecule has 1 amide bonds. The molecule has 178 valence electrons. The minimum atomic E-state index is -0.494. The molecule has 3 aromatic heterocycles. The van der Waals surface area contributed by atoms with Gasteiger partial charge in [0.05, 0.1) is 20.4 Å². The van der Waals surface area contributed by atoms with Gasteiger partial charge in [0, 0.05) is 43.1 Å². The standard InChI is InChI=1S/C25H24N6O4/c1-31-7-6-27-23(31)15-35-19-10-20-18(13-28-24(20)29-14-19)9-17(11-26)25(32)30-12-16-4-5-21(33-2)22(8-16)34-3/h4-10,13-14H,12,15H2,1-3H3,(H,28,29)(H,30,32)/b17-9+. The third-order valence-corrected chi connectivity index (χ3v) is 5.39. The van der Waals surface area contributed by atoms with E-state index in [1.807, 2.05) is 36.0 Å². The number of aromatic nitrogens is 4. The smallest absolute Gasteiger partial charge is 0.262 e. The molecule has 0 aliphatic carbocycles. The van der Waals surface area contributed by atoms with Crippen LogP contribution in [0.2, 0.25) is 0 Å². The molecule has 2 N–H and O–H groups in total. The Balaban J connectivity index is 1.49. The summed E-state index contributed by atoms with van der Waals surface area (Å²) in [7, 11) is 4.99. The molecule has 35 heavy (non-hydrogen) atoms. The monoisotopic (exact) mass is 472 g/mol. The molecular formula is C25H24N6O4. The quantitative estimate of drug-likeness (QED) is 0.283. The maximum Gasteiger partial charge on any atom is 0.262 e. The second kappa shape index (κ2) is 10.4. The molecule has 3 heterocycles. The lowest BCUT2D eigenvalue weighted by molar-refractivity contribution is -0.117. The predicted molar refractivity (Wildman–Crippen MR) is 129 cm³/mol. The summed E-state index contributed by atoms with van der Waals surface area (Å²) in [5.74, 6) is 1.98. The van der Waals surface area contributed by atoms with E-state index in [1.54, 1.807) is 44.9 Å². The summed E-state index contributed by atoms with van der Waals surface area (Å²) in [4.78, 5) is 24.4. The Morgan fingerprint density at radius 1 is 1.23 bits per heavy atom. The van der Waals surface area contributed by atoms with Crippen molar-refractivity contribution in [3.63, 3.8) is 0 Å². The summed E-state index contributed by atoms with van der Waals surface area (Å²) in [5, 5.41) is 13.1. The van der Waals surface area contributed by atoms with Gasteiger partial charge in [-0.15, -0.1) is 0 Å². The van der Waals surface area contributed by atoms with Gasteiger partial charge in [-0.05, 0) is 29.8 Å². The fourth-order valence-corrected chi connectivity index (χ4v) is 3.46. The van der Waals surface area contributed by atoms with Crippen molar-refractivity contribution in [3.05, 3.63) is 71.6 Å². The highest BCUT2D eigenvalue weighted by molar-refractivity contribution is 6.03. The number of hydrogen-bond donors (Lipinski definition) is 2. The van der Waals surface area contributed by atoms with Gasteiger partial charge >= 0.3 is 0 Å². The minimum absolute atomic E-state index is 0.0364. The summed E-state index contributed by atoms with van der Waals surface area (Å²) < 4.78 is 18.2. The van der Waals surface area contributed by atoms with E-state index in [-0.39, 0.29) is 18.7 Å². The number of nitriles is 1. The van der Waals surface area contributed by atoms with E-state index >= 15 is 0 Å². The molecule has 0 bridgehead atoms. The number of rotatable bonds is 9. The van der Waals surface area contributed by atoms with Crippen LogP contribution in [0.1, 0.15) is 17.0 Å². The second-order valence-electron chi connectivity index (χ2n) is 7.60. The second-order valence-corrected chi connectivity index (χ2v) is 7.60. The van der Waals surface area contributed by atoms with E-state index in [4.69, 9.17) is 14.2 Å². The molecule has 0 aliphatic rings. The highest BCUT2D eigenvalue weighted by Crippen LogP contribution is 2.27. The number of amides is 1. The first kappa shape index (κ1) is 23.4. The number of methoxy groups -OCH3 is 2. The highest BCUT2D eigenvalue weighted by atomic mass is 16.5. The van der Waals surface area contributed by atoms with E-state index in [0.717, 1.165) is 16.8 Å². The number of aromatic amines is 1. The predicted octanol–water partition coefficient (Wildman–Crippen LogP) is 3.12. The van der Waals surface area contributed by atoms with Crippen molar-refractivity contribution in [2.24, 2.45) is 7.05 Å². The van der Waals surface area contributed by atoms with Crippen LogP contribution in [0.25, 0.3) is 17.1 Å². The van der Waals surface area contributed by atoms with Crippen LogP contribution in [0.3, 0.4) is 0 Å². The van der Waals surface area contributed by atoms with Crippen LogP contribution in [0, 0.1) is 11.3 Å². The highest BCUT2D eigenvalue weighted by Gasteiger charge is 2.13. The van der Waals surface area contributed by atoms with Gasteiger partial charge in [0.2, 0.25) is 0 Å². The normalized spacial score (nSPS) is 11.2. The van der Waals surface area contributed by atoms with Gasteiger partial charge in [0.1, 0.15) is 35.5 Å². The van der Waals surface area contributed by atoms with Gasteiger partial charge in [-0.1, -0.05) is 6.07 Å². The first-order valence-corrected chi connectivity index (χ1v) is 10.7. The summed E-state index contributed by atoms with van der Waals surface area (Å²) in [5.41, 5.74) is 2.03. The Labute approximate surface area is 201 Å². The number of pyridine rings is 1. The molecule has 10 nitrogen and oxygen atoms in total. The van der Waals surface area contributed by atoms with Crippen molar-refractivity contribution in [1.82, 2.24) is 24.8 Å². The van der Waals surface area contributed by atoms with E-state index in [1.165, 1.54) is 6.08 Å². The molecule has 0 unspecified atom stereocenters. The Morgan fingerprint density at radius 2 is 2.06 bits per heavy atom. The van der Waals surface area contributed by atoms with E-state index in [2.05, 4.69) is 20.3 Å². The molecule has 0 spiro atoms. The number of H-pyrrole nitrogens is 1. The number of carbonyl (C=O) groups is 1. The topological polar surface area (TPSA) is 127 Å². The number of hydrogen-bond acceptors (Lipinski definition) is 7. The molecule has 0 aliphatic heterocycles. The molecule has 0 fully saturated rings. The fourth-order valence-electron chi connectivity index (χ4n) is 3.46. The Hall–Kier alpha value is -4.78. The van der Waals surface area contributed by atoms with Crippen molar-refractivity contribution in [1.29, 1.82) is 5.26 Å². The summed E-state index contributed by atoms with van der Waals surface area (Å²) in [6.45, 7) is 0.507. The van der Waals surface area contributed by atoms with Crippen molar-refractivity contribution in [2.75, 3.05) is 14.2 Å². The SMILES string of the molecule is COc1ccc(CNC(=O)/C(C#N)=C/c2c[nH]c3ncc(OCc4nccn4C)cc23)cc1OC. The van der Waals surface area contributed by atoms with Crippen LogP contribution in [0.5, 0.6) is 17.2 Å². The molecular weight excluding hydrogens is 448 g/mol. The minimum Gasteiger partial charge on any atom is -0.493 e. The number of nitrogens with one attached hydrogen (secondary N) is 2. The maximum atomic E-state index is 12.7. The molecule has 0 radical (unpaired) electrons. The lowest BCUT2D eigenvalue weighted by Crippen LogP contribution is -2.24. The lowest BCUT2D eigenvalue weighted by Gasteiger charge is -2.10. The molecule has 0 atom stereocenters. The van der Waals surface area contributed by atoms with Crippen molar-refractivity contribution in [3.8, 4) is 23.3 Å². The molecule has 4 rings (SSSR count). The zero-order chi connectivity index (χ0) is 24.8. The van der Waals surface area contributed by atoms with E-state index in [9.17, 15) is 10.1 Å². The molecule has 0 saturated heterocycles. The van der Waals surface area contributed by atoms with Crippen LogP contribution in [-0.4, -0.2) is 39.6 Å².